The third kappa shape index (κ3) is 4.71. The molecule has 25 heavy (non-hydrogen) atoms. The van der Waals surface area contributed by atoms with E-state index >= 15 is 0 Å². The van der Waals surface area contributed by atoms with E-state index in [1.54, 1.807) is 29.1 Å². The minimum Gasteiger partial charge on any atom is -0.348 e. The molecule has 0 spiro atoms. The monoisotopic (exact) mass is 381 g/mol. The van der Waals surface area contributed by atoms with Crippen LogP contribution in [0.25, 0.3) is 0 Å². The normalized spacial score (nSPS) is 18.3. The number of nitrogens with zero attached hydrogens (tertiary/aromatic N) is 3. The first kappa shape index (κ1) is 18.2. The highest BCUT2D eigenvalue weighted by Crippen LogP contribution is 2.25. The highest BCUT2D eigenvalue weighted by Gasteiger charge is 2.18. The second-order valence-corrected chi connectivity index (χ2v) is 7.21. The van der Waals surface area contributed by atoms with Gasteiger partial charge >= 0.3 is 0 Å². The Bertz CT molecular complexity index is 722. The molecule has 0 aliphatic carbocycles. The van der Waals surface area contributed by atoms with E-state index in [0.29, 0.717) is 28.2 Å². The van der Waals surface area contributed by atoms with Gasteiger partial charge in [0.25, 0.3) is 5.91 Å². The van der Waals surface area contributed by atoms with Gasteiger partial charge in [0.1, 0.15) is 0 Å². The molecule has 1 aliphatic heterocycles. The van der Waals surface area contributed by atoms with Gasteiger partial charge < -0.3 is 10.6 Å². The van der Waals surface area contributed by atoms with Crippen LogP contribution in [0.1, 0.15) is 35.8 Å². The number of rotatable bonds is 6. The number of aromatic nitrogens is 3. The second kappa shape index (κ2) is 8.17. The fourth-order valence-corrected chi connectivity index (χ4v) is 3.56. The van der Waals surface area contributed by atoms with Crippen molar-refractivity contribution >= 4 is 29.1 Å². The van der Waals surface area contributed by atoms with Crippen molar-refractivity contribution in [3.05, 3.63) is 45.7 Å². The van der Waals surface area contributed by atoms with Crippen LogP contribution in [0.4, 0.5) is 0 Å². The van der Waals surface area contributed by atoms with Crippen molar-refractivity contribution < 1.29 is 4.79 Å². The first-order valence-electron chi connectivity index (χ1n) is 8.40. The van der Waals surface area contributed by atoms with Crippen molar-refractivity contribution in [3.8, 4) is 0 Å². The van der Waals surface area contributed by atoms with Crippen LogP contribution in [-0.2, 0) is 13.0 Å². The number of amides is 1. The Kier molecular flexibility index (Phi) is 5.93. The molecule has 1 saturated heterocycles. The van der Waals surface area contributed by atoms with Crippen molar-refractivity contribution in [3.63, 3.8) is 0 Å². The van der Waals surface area contributed by atoms with Crippen LogP contribution in [0, 0.1) is 0 Å². The van der Waals surface area contributed by atoms with E-state index in [4.69, 9.17) is 23.2 Å². The maximum Gasteiger partial charge on any atom is 0.273 e. The van der Waals surface area contributed by atoms with Crippen LogP contribution in [0.3, 0.4) is 0 Å². The molecule has 0 bridgehead atoms. The van der Waals surface area contributed by atoms with Gasteiger partial charge in [0.2, 0.25) is 0 Å². The first-order valence-corrected chi connectivity index (χ1v) is 9.16. The van der Waals surface area contributed by atoms with Crippen molar-refractivity contribution in [2.24, 2.45) is 0 Å². The van der Waals surface area contributed by atoms with E-state index in [0.717, 1.165) is 25.1 Å². The third-order valence-corrected chi connectivity index (χ3v) is 5.00. The lowest BCUT2D eigenvalue weighted by molar-refractivity contribution is 0.0935. The number of benzene rings is 1. The molecule has 2 atom stereocenters. The van der Waals surface area contributed by atoms with E-state index in [1.165, 1.54) is 6.42 Å². The van der Waals surface area contributed by atoms with Gasteiger partial charge in [-0.15, -0.1) is 5.10 Å². The Morgan fingerprint density at radius 2 is 2.20 bits per heavy atom. The summed E-state index contributed by atoms with van der Waals surface area (Å²) in [6, 6.07) is 5.65. The van der Waals surface area contributed by atoms with Gasteiger partial charge in [0, 0.05) is 22.1 Å². The highest BCUT2D eigenvalue weighted by atomic mass is 35.5. The molecular weight excluding hydrogens is 361 g/mol. The van der Waals surface area contributed by atoms with Gasteiger partial charge in [-0.05, 0) is 50.4 Å². The maximum absolute atomic E-state index is 12.4. The summed E-state index contributed by atoms with van der Waals surface area (Å²) < 4.78 is 1.72. The molecule has 134 valence electrons. The summed E-state index contributed by atoms with van der Waals surface area (Å²) >= 11 is 12.4. The van der Waals surface area contributed by atoms with Crippen LogP contribution >= 0.6 is 23.2 Å². The zero-order valence-corrected chi connectivity index (χ0v) is 15.5. The van der Waals surface area contributed by atoms with Gasteiger partial charge in [0.05, 0.1) is 12.7 Å². The molecule has 1 fully saturated rings. The summed E-state index contributed by atoms with van der Waals surface area (Å²) in [7, 11) is 0. The molecule has 2 N–H and O–H groups in total. The smallest absolute Gasteiger partial charge is 0.273 e. The summed E-state index contributed by atoms with van der Waals surface area (Å²) in [6.45, 7) is 3.67. The van der Waals surface area contributed by atoms with Crippen molar-refractivity contribution in [2.75, 3.05) is 6.54 Å². The standard InChI is InChI=1S/C17H21Cl2N5O/c1-11(8-13-14(18)5-2-6-15(13)19)21-17(25)16-10-24(23-22-16)9-12-4-3-7-20-12/h2,5-6,10-12,20H,3-4,7-9H2,1H3,(H,21,25). The molecule has 1 aromatic heterocycles. The summed E-state index contributed by atoms with van der Waals surface area (Å²) in [5.74, 6) is -0.249. The minimum absolute atomic E-state index is 0.133. The van der Waals surface area contributed by atoms with Gasteiger partial charge in [-0.3, -0.25) is 9.48 Å². The Labute approximate surface area is 156 Å². The van der Waals surface area contributed by atoms with Crippen LogP contribution in [0.2, 0.25) is 10.0 Å². The predicted molar refractivity (Wildman–Crippen MR) is 98.1 cm³/mol. The largest absolute Gasteiger partial charge is 0.348 e. The number of hydrogen-bond acceptors (Lipinski definition) is 4. The summed E-state index contributed by atoms with van der Waals surface area (Å²) in [4.78, 5) is 12.4. The quantitative estimate of drug-likeness (QED) is 0.806. The zero-order chi connectivity index (χ0) is 17.8. The minimum atomic E-state index is -0.249. The molecule has 1 aromatic carbocycles. The predicted octanol–water partition coefficient (Wildman–Crippen LogP) is 2.70. The summed E-state index contributed by atoms with van der Waals surface area (Å²) in [6.07, 6.45) is 4.53. The molecule has 0 radical (unpaired) electrons. The molecule has 2 heterocycles. The number of carbonyl (C=O) groups excluding carboxylic acids is 1. The van der Waals surface area contributed by atoms with E-state index in [9.17, 15) is 4.79 Å². The molecule has 3 rings (SSSR count). The van der Waals surface area contributed by atoms with Crippen LogP contribution in [0.15, 0.2) is 24.4 Å². The summed E-state index contributed by atoms with van der Waals surface area (Å²) in [5, 5.41) is 15.5. The van der Waals surface area contributed by atoms with E-state index in [1.807, 2.05) is 6.92 Å². The average Bonchev–Trinajstić information content (AvgIpc) is 3.23. The van der Waals surface area contributed by atoms with E-state index in [-0.39, 0.29) is 11.9 Å². The van der Waals surface area contributed by atoms with Gasteiger partial charge in [0.15, 0.2) is 5.69 Å². The van der Waals surface area contributed by atoms with Crippen molar-refractivity contribution in [2.45, 2.75) is 44.8 Å². The Morgan fingerprint density at radius 1 is 1.44 bits per heavy atom. The van der Waals surface area contributed by atoms with Crippen LogP contribution < -0.4 is 10.6 Å². The van der Waals surface area contributed by atoms with Crippen molar-refractivity contribution in [1.29, 1.82) is 0 Å². The SMILES string of the molecule is CC(Cc1c(Cl)cccc1Cl)NC(=O)c1cn(CC2CCCN2)nn1. The van der Waals surface area contributed by atoms with Crippen LogP contribution in [0.5, 0.6) is 0 Å². The number of carbonyl (C=O) groups is 1. The van der Waals surface area contributed by atoms with E-state index < -0.39 is 0 Å². The lowest BCUT2D eigenvalue weighted by Crippen LogP contribution is -2.34. The molecule has 8 heteroatoms. The topological polar surface area (TPSA) is 71.8 Å². The Hall–Kier alpha value is -1.63. The second-order valence-electron chi connectivity index (χ2n) is 6.40. The molecular formula is C17H21Cl2N5O. The number of halogens is 2. The Balaban J connectivity index is 1.57. The average molecular weight is 382 g/mol. The number of nitrogens with one attached hydrogen (secondary N) is 2. The fourth-order valence-electron chi connectivity index (χ4n) is 3.01. The summed E-state index contributed by atoms with van der Waals surface area (Å²) in [5.41, 5.74) is 1.14. The molecule has 0 saturated carbocycles. The molecule has 6 nitrogen and oxygen atoms in total. The van der Waals surface area contributed by atoms with E-state index in [2.05, 4.69) is 20.9 Å². The molecule has 2 aromatic rings. The van der Waals surface area contributed by atoms with Gasteiger partial charge in [-0.1, -0.05) is 34.5 Å². The molecule has 1 amide bonds. The van der Waals surface area contributed by atoms with Gasteiger partial charge in [-0.2, -0.15) is 0 Å². The third-order valence-electron chi connectivity index (χ3n) is 4.29. The Morgan fingerprint density at radius 3 is 2.88 bits per heavy atom. The first-order chi connectivity index (χ1) is 12.0. The molecule has 2 unspecified atom stereocenters. The lowest BCUT2D eigenvalue weighted by Gasteiger charge is -2.15. The maximum atomic E-state index is 12.4. The number of hydrogen-bond donors (Lipinski definition) is 2. The fraction of sp³-hybridized carbons (Fsp3) is 0.471. The lowest BCUT2D eigenvalue weighted by atomic mass is 10.1. The van der Waals surface area contributed by atoms with Gasteiger partial charge in [-0.25, -0.2) is 0 Å². The highest BCUT2D eigenvalue weighted by molar-refractivity contribution is 6.36. The van der Waals surface area contributed by atoms with Crippen LogP contribution in [-0.4, -0.2) is 39.5 Å². The molecule has 1 aliphatic rings. The van der Waals surface area contributed by atoms with Crippen molar-refractivity contribution in [1.82, 2.24) is 25.6 Å². The zero-order valence-electron chi connectivity index (χ0n) is 14.0.